The lowest BCUT2D eigenvalue weighted by Gasteiger charge is -2.36. The van der Waals surface area contributed by atoms with Gasteiger partial charge in [0.1, 0.15) is 0 Å². The predicted octanol–water partition coefficient (Wildman–Crippen LogP) is 1.62. The average Bonchev–Trinajstić information content (AvgIpc) is 2.15. The normalized spacial score (nSPS) is 13.9. The van der Waals surface area contributed by atoms with Gasteiger partial charge in [-0.05, 0) is 20.3 Å². The highest BCUT2D eigenvalue weighted by atomic mass is 16.2. The Labute approximate surface area is 87.6 Å². The lowest BCUT2D eigenvalue weighted by molar-refractivity contribution is -0.138. The van der Waals surface area contributed by atoms with E-state index < -0.39 is 0 Å². The third-order valence-corrected chi connectivity index (χ3v) is 2.88. The summed E-state index contributed by atoms with van der Waals surface area (Å²) < 4.78 is 0. The fourth-order valence-electron chi connectivity index (χ4n) is 1.32. The second-order valence-corrected chi connectivity index (χ2v) is 4.60. The maximum atomic E-state index is 11.9. The van der Waals surface area contributed by atoms with E-state index in [1.165, 1.54) is 0 Å². The maximum absolute atomic E-state index is 11.9. The molecule has 1 unspecified atom stereocenters. The van der Waals surface area contributed by atoms with Crippen LogP contribution in [-0.4, -0.2) is 29.9 Å². The van der Waals surface area contributed by atoms with E-state index in [2.05, 4.69) is 6.92 Å². The summed E-state index contributed by atoms with van der Waals surface area (Å²) in [5.41, 5.74) is 5.39. The zero-order chi connectivity index (χ0) is 11.4. The van der Waals surface area contributed by atoms with Gasteiger partial charge >= 0.3 is 0 Å². The summed E-state index contributed by atoms with van der Waals surface area (Å²) in [7, 11) is 1.83. The van der Waals surface area contributed by atoms with Crippen molar-refractivity contribution in [1.82, 2.24) is 4.90 Å². The first-order valence-electron chi connectivity index (χ1n) is 5.34. The van der Waals surface area contributed by atoms with Crippen LogP contribution in [0.1, 0.15) is 40.5 Å². The Morgan fingerprint density at radius 1 is 1.50 bits per heavy atom. The Hall–Kier alpha value is -0.570. The smallest absolute Gasteiger partial charge is 0.225 e. The van der Waals surface area contributed by atoms with Crippen LogP contribution in [0, 0.1) is 5.92 Å². The lowest BCUT2D eigenvalue weighted by atomic mass is 9.99. The Morgan fingerprint density at radius 2 is 2.00 bits per heavy atom. The van der Waals surface area contributed by atoms with Crippen molar-refractivity contribution >= 4 is 5.91 Å². The minimum Gasteiger partial charge on any atom is -0.339 e. The molecule has 3 heteroatoms. The molecule has 0 aliphatic heterocycles. The molecule has 3 nitrogen and oxygen atoms in total. The molecule has 0 rings (SSSR count). The van der Waals surface area contributed by atoms with E-state index >= 15 is 0 Å². The van der Waals surface area contributed by atoms with Gasteiger partial charge in [0, 0.05) is 25.0 Å². The van der Waals surface area contributed by atoms with Crippen LogP contribution >= 0.6 is 0 Å². The summed E-state index contributed by atoms with van der Waals surface area (Å²) in [4.78, 5) is 13.7. The standard InChI is InChI=1S/C11H24N2O/c1-6-7-9(2)10(14)13(5)11(3,4)8-12/h9H,6-8,12H2,1-5H3. The largest absolute Gasteiger partial charge is 0.339 e. The second kappa shape index (κ2) is 5.35. The monoisotopic (exact) mass is 200 g/mol. The molecule has 0 radical (unpaired) electrons. The van der Waals surface area contributed by atoms with Crippen LogP contribution in [0.15, 0.2) is 0 Å². The summed E-state index contributed by atoms with van der Waals surface area (Å²) >= 11 is 0. The number of likely N-dealkylation sites (N-methyl/N-ethyl adjacent to an activating group) is 1. The van der Waals surface area contributed by atoms with Gasteiger partial charge in [0.25, 0.3) is 0 Å². The van der Waals surface area contributed by atoms with E-state index in [0.717, 1.165) is 12.8 Å². The second-order valence-electron chi connectivity index (χ2n) is 4.60. The zero-order valence-corrected chi connectivity index (χ0v) is 10.1. The van der Waals surface area contributed by atoms with Gasteiger partial charge in [0.05, 0.1) is 0 Å². The van der Waals surface area contributed by atoms with Crippen molar-refractivity contribution in [2.24, 2.45) is 11.7 Å². The van der Waals surface area contributed by atoms with Crippen LogP contribution in [0.3, 0.4) is 0 Å². The van der Waals surface area contributed by atoms with E-state index in [1.54, 1.807) is 4.90 Å². The van der Waals surface area contributed by atoms with E-state index in [9.17, 15) is 4.79 Å². The minimum absolute atomic E-state index is 0.107. The Morgan fingerprint density at radius 3 is 2.36 bits per heavy atom. The average molecular weight is 200 g/mol. The van der Waals surface area contributed by atoms with Gasteiger partial charge in [-0.2, -0.15) is 0 Å². The topological polar surface area (TPSA) is 46.3 Å². The highest BCUT2D eigenvalue weighted by Gasteiger charge is 2.28. The van der Waals surface area contributed by atoms with Crippen LogP contribution in [0.4, 0.5) is 0 Å². The third-order valence-electron chi connectivity index (χ3n) is 2.88. The molecule has 2 N–H and O–H groups in total. The number of nitrogens with zero attached hydrogens (tertiary/aromatic N) is 1. The molecule has 0 aromatic heterocycles. The van der Waals surface area contributed by atoms with Gasteiger partial charge in [-0.1, -0.05) is 20.3 Å². The van der Waals surface area contributed by atoms with Crippen molar-refractivity contribution in [1.29, 1.82) is 0 Å². The third kappa shape index (κ3) is 3.29. The summed E-state index contributed by atoms with van der Waals surface area (Å²) in [6, 6.07) is 0. The molecule has 0 heterocycles. The van der Waals surface area contributed by atoms with E-state index in [4.69, 9.17) is 5.73 Å². The quantitative estimate of drug-likeness (QED) is 0.733. The first-order valence-corrected chi connectivity index (χ1v) is 5.34. The van der Waals surface area contributed by atoms with Gasteiger partial charge in [-0.3, -0.25) is 4.79 Å². The molecule has 14 heavy (non-hydrogen) atoms. The van der Waals surface area contributed by atoms with Crippen LogP contribution < -0.4 is 5.73 Å². The molecular formula is C11H24N2O. The molecule has 0 aliphatic carbocycles. The van der Waals surface area contributed by atoms with Gasteiger partial charge in [0.15, 0.2) is 0 Å². The number of amides is 1. The highest BCUT2D eigenvalue weighted by Crippen LogP contribution is 2.16. The van der Waals surface area contributed by atoms with E-state index in [0.29, 0.717) is 6.54 Å². The Kier molecular flexibility index (Phi) is 5.13. The molecule has 0 aromatic carbocycles. The molecular weight excluding hydrogens is 176 g/mol. The van der Waals surface area contributed by atoms with Crippen LogP contribution in [0.5, 0.6) is 0 Å². The van der Waals surface area contributed by atoms with Crippen LogP contribution in [0.2, 0.25) is 0 Å². The molecule has 0 bridgehead atoms. The number of nitrogens with two attached hydrogens (primary N) is 1. The zero-order valence-electron chi connectivity index (χ0n) is 10.1. The molecule has 1 atom stereocenters. The maximum Gasteiger partial charge on any atom is 0.225 e. The first kappa shape index (κ1) is 13.4. The van der Waals surface area contributed by atoms with Gasteiger partial charge in [-0.15, -0.1) is 0 Å². The molecule has 84 valence electrons. The van der Waals surface area contributed by atoms with Gasteiger partial charge in [0.2, 0.25) is 5.91 Å². The molecule has 0 fully saturated rings. The van der Waals surface area contributed by atoms with Crippen molar-refractivity contribution in [3.63, 3.8) is 0 Å². The number of hydrogen-bond donors (Lipinski definition) is 1. The molecule has 1 amide bonds. The fraction of sp³-hybridized carbons (Fsp3) is 0.909. The SMILES string of the molecule is CCCC(C)C(=O)N(C)C(C)(C)CN. The lowest BCUT2D eigenvalue weighted by Crippen LogP contribution is -2.51. The van der Waals surface area contributed by atoms with Crippen molar-refractivity contribution in [2.45, 2.75) is 46.1 Å². The van der Waals surface area contributed by atoms with E-state index in [-0.39, 0.29) is 17.4 Å². The van der Waals surface area contributed by atoms with Crippen molar-refractivity contribution in [3.05, 3.63) is 0 Å². The predicted molar refractivity (Wildman–Crippen MR) is 60.0 cm³/mol. The molecule has 0 spiro atoms. The number of rotatable bonds is 5. The summed E-state index contributed by atoms with van der Waals surface area (Å²) in [6.45, 7) is 8.55. The van der Waals surface area contributed by atoms with Crippen molar-refractivity contribution in [2.75, 3.05) is 13.6 Å². The van der Waals surface area contributed by atoms with Crippen molar-refractivity contribution in [3.8, 4) is 0 Å². The fourth-order valence-corrected chi connectivity index (χ4v) is 1.32. The Balaban J connectivity index is 4.38. The van der Waals surface area contributed by atoms with E-state index in [1.807, 2.05) is 27.8 Å². The summed E-state index contributed by atoms with van der Waals surface area (Å²) in [5, 5.41) is 0. The molecule has 0 aromatic rings. The molecule has 0 saturated carbocycles. The summed E-state index contributed by atoms with van der Waals surface area (Å²) in [6.07, 6.45) is 1.99. The van der Waals surface area contributed by atoms with Crippen molar-refractivity contribution < 1.29 is 4.79 Å². The van der Waals surface area contributed by atoms with Crippen LogP contribution in [0.25, 0.3) is 0 Å². The van der Waals surface area contributed by atoms with Gasteiger partial charge < -0.3 is 10.6 Å². The van der Waals surface area contributed by atoms with Crippen LogP contribution in [-0.2, 0) is 4.79 Å². The summed E-state index contributed by atoms with van der Waals surface area (Å²) in [5.74, 6) is 0.304. The highest BCUT2D eigenvalue weighted by molar-refractivity contribution is 5.78. The Bertz CT molecular complexity index is 190. The number of carbonyl (C=O) groups excluding carboxylic acids is 1. The minimum atomic E-state index is -0.237. The molecule has 0 saturated heterocycles. The first-order chi connectivity index (χ1) is 6.36. The number of hydrogen-bond acceptors (Lipinski definition) is 2. The van der Waals surface area contributed by atoms with Gasteiger partial charge in [-0.25, -0.2) is 0 Å². The number of carbonyl (C=O) groups is 1. The molecule has 0 aliphatic rings.